The summed E-state index contributed by atoms with van der Waals surface area (Å²) in [6, 6.07) is -1.38. The highest BCUT2D eigenvalue weighted by molar-refractivity contribution is 7.80. The second-order valence-electron chi connectivity index (χ2n) is 1.93. The summed E-state index contributed by atoms with van der Waals surface area (Å²) in [6.45, 7) is 0. The van der Waals surface area contributed by atoms with Gasteiger partial charge >= 0.3 is 6.04 Å². The topological polar surface area (TPSA) is 17.1 Å². The zero-order chi connectivity index (χ0) is 7.56. The molecule has 0 aromatic rings. The lowest BCUT2D eigenvalue weighted by molar-refractivity contribution is -0.130. The molecule has 0 saturated heterocycles. The van der Waals surface area contributed by atoms with Gasteiger partial charge in [0, 0.05) is 4.86 Å². The van der Waals surface area contributed by atoms with E-state index >= 15 is 0 Å². The minimum Gasteiger partial charge on any atom is -0.269 e. The molecule has 1 rings (SSSR count). The SMILES string of the molecule is F.O=C(F)C1C=CC=CC1=S. The minimum absolute atomic E-state index is 0. The Balaban J connectivity index is 0.000001000. The van der Waals surface area contributed by atoms with E-state index < -0.39 is 12.0 Å². The van der Waals surface area contributed by atoms with Gasteiger partial charge in [-0.3, -0.25) is 9.50 Å². The summed E-state index contributed by atoms with van der Waals surface area (Å²) in [7, 11) is 0. The molecule has 1 aliphatic carbocycles. The van der Waals surface area contributed by atoms with Gasteiger partial charge in [-0.2, -0.15) is 4.39 Å². The van der Waals surface area contributed by atoms with Crippen LogP contribution in [0.3, 0.4) is 0 Å². The van der Waals surface area contributed by atoms with Crippen LogP contribution >= 0.6 is 12.2 Å². The third-order valence-corrected chi connectivity index (χ3v) is 1.62. The van der Waals surface area contributed by atoms with E-state index in [0.29, 0.717) is 4.86 Å². The van der Waals surface area contributed by atoms with Crippen molar-refractivity contribution in [3.8, 4) is 0 Å². The zero-order valence-electron chi connectivity index (χ0n) is 5.49. The van der Waals surface area contributed by atoms with Crippen molar-refractivity contribution in [2.75, 3.05) is 0 Å². The molecule has 1 atom stereocenters. The van der Waals surface area contributed by atoms with Gasteiger partial charge in [0.2, 0.25) is 0 Å². The molecule has 4 heteroatoms. The Morgan fingerprint density at radius 2 is 2.18 bits per heavy atom. The van der Waals surface area contributed by atoms with Gasteiger partial charge in [-0.15, -0.1) is 0 Å². The molecular weight excluding hydrogens is 170 g/mol. The highest BCUT2D eigenvalue weighted by Gasteiger charge is 2.18. The summed E-state index contributed by atoms with van der Waals surface area (Å²) in [5.74, 6) is -0.819. The fraction of sp³-hybridized carbons (Fsp3) is 0.143. The van der Waals surface area contributed by atoms with E-state index in [1.165, 1.54) is 6.08 Å². The molecule has 0 saturated carbocycles. The zero-order valence-corrected chi connectivity index (χ0v) is 6.31. The highest BCUT2D eigenvalue weighted by Crippen LogP contribution is 2.10. The van der Waals surface area contributed by atoms with Gasteiger partial charge in [0.05, 0.1) is 0 Å². The molecule has 1 nitrogen and oxygen atoms in total. The van der Waals surface area contributed by atoms with Crippen molar-refractivity contribution < 1.29 is 13.9 Å². The van der Waals surface area contributed by atoms with Crippen molar-refractivity contribution in [2.24, 2.45) is 5.92 Å². The Labute approximate surface area is 68.0 Å². The van der Waals surface area contributed by atoms with Crippen LogP contribution in [0.5, 0.6) is 0 Å². The van der Waals surface area contributed by atoms with E-state index in [-0.39, 0.29) is 4.70 Å². The van der Waals surface area contributed by atoms with Gasteiger partial charge < -0.3 is 0 Å². The van der Waals surface area contributed by atoms with Crippen LogP contribution in [0.15, 0.2) is 24.3 Å². The maximum atomic E-state index is 12.0. The van der Waals surface area contributed by atoms with Crippen LogP contribution in [0, 0.1) is 5.92 Å². The first-order chi connectivity index (χ1) is 4.72. The third kappa shape index (κ3) is 2.31. The molecule has 0 aromatic carbocycles. The molecule has 0 N–H and O–H groups in total. The number of rotatable bonds is 1. The summed E-state index contributed by atoms with van der Waals surface area (Å²) in [5, 5.41) is 0. The first kappa shape index (κ1) is 10.1. The van der Waals surface area contributed by atoms with Gasteiger partial charge in [0.15, 0.2) is 0 Å². The number of hydrogen-bond acceptors (Lipinski definition) is 2. The molecule has 0 aromatic heterocycles. The fourth-order valence-electron chi connectivity index (χ4n) is 0.712. The van der Waals surface area contributed by atoms with Crippen molar-refractivity contribution in [3.63, 3.8) is 0 Å². The highest BCUT2D eigenvalue weighted by atomic mass is 32.1. The molecule has 0 bridgehead atoms. The maximum absolute atomic E-state index is 12.0. The number of hydrogen-bond donors (Lipinski definition) is 0. The first-order valence-corrected chi connectivity index (χ1v) is 3.20. The molecule has 0 spiro atoms. The molecule has 0 radical (unpaired) electrons. The number of carbonyl (C=O) groups is 1. The van der Waals surface area contributed by atoms with Gasteiger partial charge in [-0.1, -0.05) is 30.4 Å². The van der Waals surface area contributed by atoms with Crippen molar-refractivity contribution >= 4 is 23.1 Å². The van der Waals surface area contributed by atoms with E-state index in [4.69, 9.17) is 12.2 Å². The molecule has 0 heterocycles. The molecule has 1 unspecified atom stereocenters. The summed E-state index contributed by atoms with van der Waals surface area (Å²) >= 11 is 4.70. The Morgan fingerprint density at radius 1 is 1.55 bits per heavy atom. The predicted molar refractivity (Wildman–Crippen MR) is 43.0 cm³/mol. The van der Waals surface area contributed by atoms with Crippen molar-refractivity contribution in [1.82, 2.24) is 0 Å². The average Bonchev–Trinajstić information content (AvgIpc) is 1.88. The lowest BCUT2D eigenvalue weighted by Crippen LogP contribution is -2.16. The number of allylic oxidation sites excluding steroid dienone is 4. The molecule has 60 valence electrons. The van der Waals surface area contributed by atoms with Gasteiger partial charge in [0.25, 0.3) is 0 Å². The minimum atomic E-state index is -1.38. The smallest absolute Gasteiger partial charge is 0.269 e. The van der Waals surface area contributed by atoms with Crippen LogP contribution in [0.4, 0.5) is 9.09 Å². The van der Waals surface area contributed by atoms with Crippen LogP contribution in [0.1, 0.15) is 0 Å². The van der Waals surface area contributed by atoms with Crippen LogP contribution < -0.4 is 0 Å². The predicted octanol–water partition coefficient (Wildman–Crippen LogP) is 1.75. The Morgan fingerprint density at radius 3 is 2.55 bits per heavy atom. The van der Waals surface area contributed by atoms with Crippen LogP contribution in [0.2, 0.25) is 0 Å². The summed E-state index contributed by atoms with van der Waals surface area (Å²) < 4.78 is 12.0. The van der Waals surface area contributed by atoms with Gasteiger partial charge in [-0.05, 0) is 6.08 Å². The largest absolute Gasteiger partial charge is 0.313 e. The van der Waals surface area contributed by atoms with Crippen LogP contribution in [-0.4, -0.2) is 10.9 Å². The summed E-state index contributed by atoms with van der Waals surface area (Å²) in [5.41, 5.74) is 0. The molecular formula is C7H6F2OS. The number of halogens is 2. The lowest BCUT2D eigenvalue weighted by atomic mass is 10.0. The molecule has 11 heavy (non-hydrogen) atoms. The third-order valence-electron chi connectivity index (χ3n) is 1.23. The maximum Gasteiger partial charge on any atom is 0.313 e. The van der Waals surface area contributed by atoms with E-state index in [9.17, 15) is 9.18 Å². The summed E-state index contributed by atoms with van der Waals surface area (Å²) in [4.78, 5) is 10.5. The normalized spacial score (nSPS) is 21.2. The van der Waals surface area contributed by atoms with E-state index in [1.807, 2.05) is 0 Å². The number of carbonyl (C=O) groups excluding carboxylic acids is 1. The summed E-state index contributed by atoms with van der Waals surface area (Å²) in [6.07, 6.45) is 6.29. The van der Waals surface area contributed by atoms with Gasteiger partial charge in [0.1, 0.15) is 5.92 Å². The lowest BCUT2D eigenvalue weighted by Gasteiger charge is -2.06. The van der Waals surface area contributed by atoms with Crippen molar-refractivity contribution in [2.45, 2.75) is 0 Å². The first-order valence-electron chi connectivity index (χ1n) is 2.80. The van der Waals surface area contributed by atoms with E-state index in [2.05, 4.69) is 0 Å². The fourth-order valence-corrected chi connectivity index (χ4v) is 0.961. The van der Waals surface area contributed by atoms with Crippen LogP contribution in [0.25, 0.3) is 0 Å². The Kier molecular flexibility index (Phi) is 3.74. The van der Waals surface area contributed by atoms with Crippen molar-refractivity contribution in [1.29, 1.82) is 0 Å². The Bertz CT molecular complexity index is 233. The molecule has 0 aliphatic heterocycles. The second kappa shape index (κ2) is 4.08. The molecule has 1 aliphatic rings. The van der Waals surface area contributed by atoms with Gasteiger partial charge in [-0.25, -0.2) is 0 Å². The standard InChI is InChI=1S/C7H5FOS.FH/c8-7(9)5-3-1-2-4-6(5)10;/h1-5H;1H. The second-order valence-corrected chi connectivity index (χ2v) is 2.40. The molecule has 0 fully saturated rings. The van der Waals surface area contributed by atoms with Crippen LogP contribution in [-0.2, 0) is 4.79 Å². The Hall–Kier alpha value is -0.900. The van der Waals surface area contributed by atoms with E-state index in [1.54, 1.807) is 18.2 Å². The molecule has 0 amide bonds. The van der Waals surface area contributed by atoms with Crippen molar-refractivity contribution in [3.05, 3.63) is 24.3 Å². The quantitative estimate of drug-likeness (QED) is 0.447. The average molecular weight is 176 g/mol. The number of thiocarbonyl (C=S) groups is 1. The van der Waals surface area contributed by atoms with E-state index in [0.717, 1.165) is 0 Å². The monoisotopic (exact) mass is 176 g/mol.